The molecule has 2 heterocycles. The van der Waals surface area contributed by atoms with Crippen molar-refractivity contribution in [1.29, 1.82) is 0 Å². The van der Waals surface area contributed by atoms with Crippen LogP contribution in [0.15, 0.2) is 41.0 Å². The van der Waals surface area contributed by atoms with Crippen molar-refractivity contribution in [3.63, 3.8) is 0 Å². The SMILES string of the molecule is NCc1ccnc(Sc2ccncn2)n1. The van der Waals surface area contributed by atoms with Crippen LogP contribution in [-0.2, 0) is 6.54 Å². The fourth-order valence-electron chi connectivity index (χ4n) is 0.971. The van der Waals surface area contributed by atoms with Crippen LogP contribution in [0.5, 0.6) is 0 Å². The summed E-state index contributed by atoms with van der Waals surface area (Å²) in [5, 5.41) is 1.47. The summed E-state index contributed by atoms with van der Waals surface area (Å²) >= 11 is 1.39. The molecule has 0 aliphatic carbocycles. The molecule has 0 aromatic carbocycles. The van der Waals surface area contributed by atoms with Crippen molar-refractivity contribution < 1.29 is 0 Å². The normalized spacial score (nSPS) is 10.2. The quantitative estimate of drug-likeness (QED) is 0.610. The third kappa shape index (κ3) is 2.71. The standard InChI is InChI=1S/C9H9N5S/c10-5-7-1-4-12-9(14-7)15-8-2-3-11-6-13-8/h1-4,6H,5,10H2. The van der Waals surface area contributed by atoms with Gasteiger partial charge in [-0.25, -0.2) is 19.9 Å². The molecule has 0 aliphatic rings. The van der Waals surface area contributed by atoms with E-state index in [1.54, 1.807) is 18.5 Å². The molecule has 0 atom stereocenters. The average Bonchev–Trinajstić information content (AvgIpc) is 2.31. The molecule has 76 valence electrons. The highest BCUT2D eigenvalue weighted by Gasteiger charge is 2.01. The van der Waals surface area contributed by atoms with Crippen molar-refractivity contribution in [1.82, 2.24) is 19.9 Å². The van der Waals surface area contributed by atoms with Crippen molar-refractivity contribution in [2.45, 2.75) is 16.7 Å². The second-order valence-corrected chi connectivity index (χ2v) is 3.67. The van der Waals surface area contributed by atoms with E-state index in [0.717, 1.165) is 10.7 Å². The maximum atomic E-state index is 5.49. The van der Waals surface area contributed by atoms with E-state index in [1.807, 2.05) is 6.07 Å². The fourth-order valence-corrected chi connectivity index (χ4v) is 1.66. The Labute approximate surface area is 91.2 Å². The van der Waals surface area contributed by atoms with Gasteiger partial charge in [0.05, 0.1) is 5.69 Å². The first-order chi connectivity index (χ1) is 7.38. The van der Waals surface area contributed by atoms with Crippen LogP contribution in [-0.4, -0.2) is 19.9 Å². The van der Waals surface area contributed by atoms with Gasteiger partial charge in [0.25, 0.3) is 0 Å². The Morgan fingerprint density at radius 3 is 2.87 bits per heavy atom. The van der Waals surface area contributed by atoms with Crippen molar-refractivity contribution in [2.24, 2.45) is 5.73 Å². The zero-order valence-corrected chi connectivity index (χ0v) is 8.68. The minimum atomic E-state index is 0.417. The Balaban J connectivity index is 2.17. The highest BCUT2D eigenvalue weighted by atomic mass is 32.2. The van der Waals surface area contributed by atoms with Gasteiger partial charge in [0, 0.05) is 18.9 Å². The van der Waals surface area contributed by atoms with Crippen molar-refractivity contribution in [3.05, 3.63) is 36.5 Å². The Bertz CT molecular complexity index is 434. The van der Waals surface area contributed by atoms with Crippen LogP contribution in [0.3, 0.4) is 0 Å². The van der Waals surface area contributed by atoms with Gasteiger partial charge < -0.3 is 5.73 Å². The molecular formula is C9H9N5S. The first-order valence-electron chi connectivity index (χ1n) is 4.34. The van der Waals surface area contributed by atoms with Crippen LogP contribution in [0, 0.1) is 0 Å². The van der Waals surface area contributed by atoms with Gasteiger partial charge >= 0.3 is 0 Å². The van der Waals surface area contributed by atoms with Crippen LogP contribution in [0.1, 0.15) is 5.69 Å². The largest absolute Gasteiger partial charge is 0.325 e. The molecule has 0 radical (unpaired) electrons. The molecule has 15 heavy (non-hydrogen) atoms. The molecule has 0 bridgehead atoms. The number of hydrogen-bond acceptors (Lipinski definition) is 6. The van der Waals surface area contributed by atoms with Crippen LogP contribution in [0.25, 0.3) is 0 Å². The van der Waals surface area contributed by atoms with E-state index < -0.39 is 0 Å². The third-order valence-electron chi connectivity index (χ3n) is 1.65. The lowest BCUT2D eigenvalue weighted by molar-refractivity contribution is 0.871. The molecule has 2 rings (SSSR count). The molecule has 2 aromatic rings. The van der Waals surface area contributed by atoms with Gasteiger partial charge in [-0.15, -0.1) is 0 Å². The Morgan fingerprint density at radius 1 is 1.20 bits per heavy atom. The lowest BCUT2D eigenvalue weighted by Gasteiger charge is -2.00. The monoisotopic (exact) mass is 219 g/mol. The van der Waals surface area contributed by atoms with E-state index in [2.05, 4.69) is 19.9 Å². The van der Waals surface area contributed by atoms with Crippen molar-refractivity contribution in [3.8, 4) is 0 Å². The Kier molecular flexibility index (Phi) is 3.21. The zero-order chi connectivity index (χ0) is 10.5. The second kappa shape index (κ2) is 4.81. The number of nitrogens with zero attached hydrogens (tertiary/aromatic N) is 4. The van der Waals surface area contributed by atoms with E-state index in [9.17, 15) is 0 Å². The van der Waals surface area contributed by atoms with E-state index >= 15 is 0 Å². The molecular weight excluding hydrogens is 210 g/mol. The summed E-state index contributed by atoms with van der Waals surface area (Å²) in [5.74, 6) is 0. The minimum absolute atomic E-state index is 0.417. The summed E-state index contributed by atoms with van der Waals surface area (Å²) in [4.78, 5) is 16.3. The first kappa shape index (κ1) is 10.0. The van der Waals surface area contributed by atoms with Gasteiger partial charge in [0.15, 0.2) is 5.16 Å². The smallest absolute Gasteiger partial charge is 0.194 e. The van der Waals surface area contributed by atoms with Gasteiger partial charge in [-0.1, -0.05) is 0 Å². The maximum Gasteiger partial charge on any atom is 0.194 e. The topological polar surface area (TPSA) is 77.6 Å². The van der Waals surface area contributed by atoms with E-state index in [4.69, 9.17) is 5.73 Å². The lowest BCUT2D eigenvalue weighted by Crippen LogP contribution is -2.00. The summed E-state index contributed by atoms with van der Waals surface area (Å²) in [6.07, 6.45) is 4.87. The summed E-state index contributed by atoms with van der Waals surface area (Å²) < 4.78 is 0. The van der Waals surface area contributed by atoms with E-state index in [1.165, 1.54) is 18.1 Å². The Morgan fingerprint density at radius 2 is 2.13 bits per heavy atom. The van der Waals surface area contributed by atoms with Crippen LogP contribution in [0.4, 0.5) is 0 Å². The molecule has 0 aliphatic heterocycles. The molecule has 2 aromatic heterocycles. The molecule has 6 heteroatoms. The van der Waals surface area contributed by atoms with Crippen molar-refractivity contribution >= 4 is 11.8 Å². The summed E-state index contributed by atoms with van der Waals surface area (Å²) in [5.41, 5.74) is 6.31. The first-order valence-corrected chi connectivity index (χ1v) is 5.16. The summed E-state index contributed by atoms with van der Waals surface area (Å²) in [6.45, 7) is 0.417. The molecule has 5 nitrogen and oxygen atoms in total. The van der Waals surface area contributed by atoms with Gasteiger partial charge in [0.1, 0.15) is 11.4 Å². The van der Waals surface area contributed by atoms with Gasteiger partial charge in [0.2, 0.25) is 0 Å². The van der Waals surface area contributed by atoms with Gasteiger partial charge in [-0.3, -0.25) is 0 Å². The Hall–Kier alpha value is -1.53. The molecule has 2 N–H and O–H groups in total. The third-order valence-corrected chi connectivity index (χ3v) is 2.48. The van der Waals surface area contributed by atoms with Gasteiger partial charge in [-0.05, 0) is 23.9 Å². The lowest BCUT2D eigenvalue weighted by atomic mass is 10.4. The fraction of sp³-hybridized carbons (Fsp3) is 0.111. The van der Waals surface area contributed by atoms with E-state index in [-0.39, 0.29) is 0 Å². The number of rotatable bonds is 3. The molecule has 0 saturated carbocycles. The average molecular weight is 219 g/mol. The predicted octanol–water partition coefficient (Wildman–Crippen LogP) is 0.876. The number of hydrogen-bond donors (Lipinski definition) is 1. The molecule has 0 amide bonds. The number of nitrogens with two attached hydrogens (primary N) is 1. The maximum absolute atomic E-state index is 5.49. The van der Waals surface area contributed by atoms with Crippen LogP contribution < -0.4 is 5.73 Å². The van der Waals surface area contributed by atoms with Gasteiger partial charge in [-0.2, -0.15) is 0 Å². The van der Waals surface area contributed by atoms with E-state index in [0.29, 0.717) is 11.7 Å². The van der Waals surface area contributed by atoms with Crippen LogP contribution in [0.2, 0.25) is 0 Å². The minimum Gasteiger partial charge on any atom is -0.325 e. The summed E-state index contributed by atoms with van der Waals surface area (Å²) in [7, 11) is 0. The highest BCUT2D eigenvalue weighted by Crippen LogP contribution is 2.20. The van der Waals surface area contributed by atoms with Crippen LogP contribution >= 0.6 is 11.8 Å². The molecule has 0 unspecified atom stereocenters. The van der Waals surface area contributed by atoms with Crippen molar-refractivity contribution in [2.75, 3.05) is 0 Å². The predicted molar refractivity (Wildman–Crippen MR) is 56.1 cm³/mol. The zero-order valence-electron chi connectivity index (χ0n) is 7.87. The highest BCUT2D eigenvalue weighted by molar-refractivity contribution is 7.99. The molecule has 0 saturated heterocycles. The number of aromatic nitrogens is 4. The summed E-state index contributed by atoms with van der Waals surface area (Å²) in [6, 6.07) is 3.60. The molecule has 0 fully saturated rings. The second-order valence-electron chi connectivity index (χ2n) is 2.68. The molecule has 0 spiro atoms.